The van der Waals surface area contributed by atoms with Gasteiger partial charge in [0, 0.05) is 30.7 Å². The van der Waals surface area contributed by atoms with Crippen molar-refractivity contribution in [2.24, 2.45) is 4.99 Å². The van der Waals surface area contributed by atoms with E-state index in [2.05, 4.69) is 10.3 Å². The summed E-state index contributed by atoms with van der Waals surface area (Å²) in [4.78, 5) is 34.3. The second-order valence-corrected chi connectivity index (χ2v) is 11.7. The van der Waals surface area contributed by atoms with Gasteiger partial charge in [0.25, 0.3) is 11.8 Å². The maximum Gasteiger partial charge on any atom is 0.260 e. The fourth-order valence-corrected chi connectivity index (χ4v) is 6.12. The van der Waals surface area contributed by atoms with Crippen LogP contribution < -0.4 is 19.5 Å². The van der Waals surface area contributed by atoms with Crippen molar-refractivity contribution in [2.75, 3.05) is 25.6 Å². The zero-order valence-corrected chi connectivity index (χ0v) is 25.1. The van der Waals surface area contributed by atoms with Crippen molar-refractivity contribution in [3.63, 3.8) is 0 Å². The minimum atomic E-state index is -0.862. The highest BCUT2D eigenvalue weighted by molar-refractivity contribution is 6.04. The van der Waals surface area contributed by atoms with Crippen LogP contribution in [-0.2, 0) is 0 Å². The Balaban J connectivity index is 1.01. The van der Waals surface area contributed by atoms with E-state index in [1.165, 1.54) is 0 Å². The Bertz CT molecular complexity index is 1550. The van der Waals surface area contributed by atoms with Gasteiger partial charge in [-0.2, -0.15) is 0 Å². The van der Waals surface area contributed by atoms with Crippen LogP contribution in [-0.4, -0.2) is 71.6 Å². The van der Waals surface area contributed by atoms with Crippen molar-refractivity contribution in [3.8, 4) is 17.2 Å². The first kappa shape index (κ1) is 28.8. The van der Waals surface area contributed by atoms with E-state index in [1.54, 1.807) is 29.0 Å². The number of hydrogen-bond donors (Lipinski definition) is 2. The first-order valence-electron chi connectivity index (χ1n) is 14.8. The van der Waals surface area contributed by atoms with Gasteiger partial charge in [-0.15, -0.1) is 0 Å². The molecule has 0 spiro atoms. The number of aryl methyl sites for hydroxylation is 1. The number of methoxy groups -OCH3 is 1. The number of aliphatic imine (C=N–C) groups is 1. The molecule has 10 heteroatoms. The minimum Gasteiger partial charge on any atom is -0.493 e. The predicted molar refractivity (Wildman–Crippen MR) is 163 cm³/mol. The molecule has 4 heterocycles. The Morgan fingerprint density at radius 3 is 2.33 bits per heavy atom. The second-order valence-electron chi connectivity index (χ2n) is 11.7. The predicted octanol–water partition coefficient (Wildman–Crippen LogP) is 5.33. The van der Waals surface area contributed by atoms with Crippen molar-refractivity contribution in [2.45, 2.75) is 71.2 Å². The molecular weight excluding hydrogens is 548 g/mol. The molecule has 0 bridgehead atoms. The van der Waals surface area contributed by atoms with Gasteiger partial charge in [0.1, 0.15) is 12.0 Å². The summed E-state index contributed by atoms with van der Waals surface area (Å²) in [5.41, 5.74) is 5.29. The lowest BCUT2D eigenvalue weighted by molar-refractivity contribution is 0.0643. The molecule has 6 rings (SSSR count). The average Bonchev–Trinajstić information content (AvgIpc) is 3.52. The first-order chi connectivity index (χ1) is 20.7. The fourth-order valence-electron chi connectivity index (χ4n) is 6.12. The molecule has 0 saturated heterocycles. The number of ether oxygens (including phenoxy) is 3. The summed E-state index contributed by atoms with van der Waals surface area (Å²) in [5, 5.41) is 13.8. The molecule has 2 aromatic rings. The number of nitrogens with one attached hydrogen (secondary N) is 1. The van der Waals surface area contributed by atoms with Gasteiger partial charge in [-0.25, -0.2) is 0 Å². The summed E-state index contributed by atoms with van der Waals surface area (Å²) < 4.78 is 17.7. The van der Waals surface area contributed by atoms with Crippen LogP contribution in [0.25, 0.3) is 0 Å². The van der Waals surface area contributed by atoms with Gasteiger partial charge in [0.2, 0.25) is 0 Å². The van der Waals surface area contributed by atoms with Crippen molar-refractivity contribution in [1.82, 2.24) is 9.80 Å². The van der Waals surface area contributed by atoms with Gasteiger partial charge in [0.15, 0.2) is 11.5 Å². The van der Waals surface area contributed by atoms with Crippen LogP contribution in [0.5, 0.6) is 17.2 Å². The number of carbonyl (C=O) groups excluding carboxylic acids is 2. The second kappa shape index (κ2) is 11.8. The summed E-state index contributed by atoms with van der Waals surface area (Å²) in [6.45, 7) is 6.90. The number of benzene rings is 2. The molecule has 0 fully saturated rings. The Morgan fingerprint density at radius 2 is 1.56 bits per heavy atom. The Labute approximate surface area is 251 Å². The summed E-state index contributed by atoms with van der Waals surface area (Å²) >= 11 is 0. The molecule has 2 N–H and O–H groups in total. The molecule has 4 aliphatic rings. The van der Waals surface area contributed by atoms with Gasteiger partial charge < -0.3 is 34.4 Å². The van der Waals surface area contributed by atoms with E-state index in [1.807, 2.05) is 51.5 Å². The number of carbonyl (C=O) groups is 2. The Hall–Kier alpha value is -4.31. The summed E-state index contributed by atoms with van der Waals surface area (Å²) in [6.07, 6.45) is 8.63. The van der Waals surface area contributed by atoms with Crippen molar-refractivity contribution < 1.29 is 28.9 Å². The van der Waals surface area contributed by atoms with Gasteiger partial charge in [-0.05, 0) is 70.6 Å². The third kappa shape index (κ3) is 5.59. The third-order valence-corrected chi connectivity index (χ3v) is 8.38. The molecule has 0 saturated carbocycles. The highest BCUT2D eigenvalue weighted by atomic mass is 16.5. The number of amides is 2. The SMILES string of the molecule is COc1cc2c(cc1OCCCCCOc1cc3c(cc1C)C(=O)N1C=C(C)C[C@H]1C(O)N3)N=C[C@@H]1CC(C)=CN1C2=O. The topological polar surface area (TPSA) is 113 Å². The molecule has 0 aromatic heterocycles. The standard InChI is InChI=1S/C33H38N4O6/c1-19-10-22-16-34-25-14-30(29(41-4)13-24(25)32(39)36(22)17-19)43-9-7-5-6-8-42-28-15-26-23(12-21(28)3)33(40)37-18-20(2)11-27(37)31(38)35-26/h12-18,22,27,31,35,38H,5-11H2,1-4H3/t22-,27-,31?/m0/s1. The molecule has 226 valence electrons. The van der Waals surface area contributed by atoms with Crippen molar-refractivity contribution >= 4 is 29.4 Å². The zero-order valence-electron chi connectivity index (χ0n) is 25.1. The normalized spacial score (nSPS) is 22.0. The fraction of sp³-hybridized carbons (Fsp3) is 0.424. The van der Waals surface area contributed by atoms with Crippen LogP contribution in [0.1, 0.15) is 72.2 Å². The van der Waals surface area contributed by atoms with Gasteiger partial charge in [0.05, 0.1) is 54.9 Å². The lowest BCUT2D eigenvalue weighted by Gasteiger charge is -2.24. The molecule has 3 atom stereocenters. The van der Waals surface area contributed by atoms with E-state index in [0.29, 0.717) is 59.4 Å². The molecule has 0 radical (unpaired) electrons. The monoisotopic (exact) mass is 586 g/mol. The Kier molecular flexibility index (Phi) is 7.87. The molecule has 2 aromatic carbocycles. The molecule has 1 unspecified atom stereocenters. The van der Waals surface area contributed by atoms with Crippen LogP contribution in [0.4, 0.5) is 11.4 Å². The number of unbranched alkanes of at least 4 members (excludes halogenated alkanes) is 2. The molecule has 0 aliphatic carbocycles. The number of aliphatic hydroxyl groups excluding tert-OH is 1. The largest absolute Gasteiger partial charge is 0.493 e. The molecule has 10 nitrogen and oxygen atoms in total. The van der Waals surface area contributed by atoms with Crippen LogP contribution in [0.2, 0.25) is 0 Å². The van der Waals surface area contributed by atoms with E-state index in [-0.39, 0.29) is 23.9 Å². The maximum atomic E-state index is 13.2. The van der Waals surface area contributed by atoms with E-state index < -0.39 is 6.23 Å². The smallest absolute Gasteiger partial charge is 0.260 e. The Morgan fingerprint density at radius 1 is 0.860 bits per heavy atom. The molecular formula is C33H38N4O6. The highest BCUT2D eigenvalue weighted by Crippen LogP contribution is 2.39. The number of rotatable bonds is 9. The van der Waals surface area contributed by atoms with Gasteiger partial charge in [-0.1, -0.05) is 11.1 Å². The summed E-state index contributed by atoms with van der Waals surface area (Å²) in [6, 6.07) is 6.77. The number of aliphatic hydroxyl groups is 1. The summed E-state index contributed by atoms with van der Waals surface area (Å²) in [5.74, 6) is 1.55. The quantitative estimate of drug-likeness (QED) is 0.382. The van der Waals surface area contributed by atoms with Crippen LogP contribution in [0.3, 0.4) is 0 Å². The van der Waals surface area contributed by atoms with Gasteiger partial charge >= 0.3 is 0 Å². The van der Waals surface area contributed by atoms with E-state index in [9.17, 15) is 14.7 Å². The van der Waals surface area contributed by atoms with Crippen LogP contribution in [0, 0.1) is 6.92 Å². The maximum absolute atomic E-state index is 13.2. The van der Waals surface area contributed by atoms with E-state index >= 15 is 0 Å². The molecule has 4 aliphatic heterocycles. The van der Waals surface area contributed by atoms with Crippen molar-refractivity contribution in [3.05, 3.63) is 64.5 Å². The van der Waals surface area contributed by atoms with E-state index in [4.69, 9.17) is 14.2 Å². The highest BCUT2D eigenvalue weighted by Gasteiger charge is 2.38. The van der Waals surface area contributed by atoms with E-state index in [0.717, 1.165) is 42.4 Å². The third-order valence-electron chi connectivity index (χ3n) is 8.38. The number of fused-ring (bicyclic) bond motifs is 4. The summed E-state index contributed by atoms with van der Waals surface area (Å²) in [7, 11) is 1.57. The average molecular weight is 587 g/mol. The lowest BCUT2D eigenvalue weighted by atomic mass is 10.1. The lowest BCUT2D eigenvalue weighted by Crippen LogP contribution is -2.42. The molecule has 43 heavy (non-hydrogen) atoms. The van der Waals surface area contributed by atoms with Gasteiger partial charge in [-0.3, -0.25) is 14.6 Å². The first-order valence-corrected chi connectivity index (χ1v) is 14.8. The van der Waals surface area contributed by atoms with Crippen LogP contribution >= 0.6 is 0 Å². The zero-order chi connectivity index (χ0) is 30.2. The van der Waals surface area contributed by atoms with Crippen LogP contribution in [0.15, 0.2) is 52.8 Å². The minimum absolute atomic E-state index is 0.0584. The number of hydrogen-bond acceptors (Lipinski definition) is 8. The van der Waals surface area contributed by atoms with Crippen molar-refractivity contribution in [1.29, 1.82) is 0 Å². The number of nitrogens with zero attached hydrogens (tertiary/aromatic N) is 3. The number of anilines is 1. The molecule has 2 amide bonds.